The molecule has 0 saturated heterocycles. The third-order valence-corrected chi connectivity index (χ3v) is 11.1. The Balaban J connectivity index is 4.42. The molecular formula is C47H85O11P. The second kappa shape index (κ2) is 41.3. The Morgan fingerprint density at radius 2 is 1.22 bits per heavy atom. The average molecular weight is 857 g/mol. The molecule has 0 aromatic rings. The van der Waals surface area contributed by atoms with Crippen LogP contribution in [-0.2, 0) is 32.7 Å². The highest BCUT2D eigenvalue weighted by Crippen LogP contribution is 2.43. The van der Waals surface area contributed by atoms with E-state index in [1.165, 1.54) is 96.3 Å². The van der Waals surface area contributed by atoms with Gasteiger partial charge < -0.3 is 29.7 Å². The number of phosphoric ester groups is 1. The fraction of sp³-hybridized carbons (Fsp3) is 0.787. The second-order valence-corrected chi connectivity index (χ2v) is 17.3. The van der Waals surface area contributed by atoms with E-state index in [0.29, 0.717) is 25.7 Å². The van der Waals surface area contributed by atoms with Gasteiger partial charge in [0, 0.05) is 12.8 Å². The molecule has 0 heterocycles. The summed E-state index contributed by atoms with van der Waals surface area (Å²) in [6.07, 6.45) is 39.6. The normalized spacial score (nSPS) is 15.3. The van der Waals surface area contributed by atoms with E-state index in [-0.39, 0.29) is 19.4 Å². The van der Waals surface area contributed by atoms with Crippen LogP contribution in [0.15, 0.2) is 48.6 Å². The van der Waals surface area contributed by atoms with E-state index in [1.807, 2.05) is 18.2 Å². The number of ether oxygens (including phenoxy) is 2. The van der Waals surface area contributed by atoms with E-state index in [0.717, 1.165) is 38.0 Å². The van der Waals surface area contributed by atoms with Gasteiger partial charge in [-0.2, -0.15) is 0 Å². The van der Waals surface area contributed by atoms with Crippen molar-refractivity contribution in [3.63, 3.8) is 0 Å². The second-order valence-electron chi connectivity index (χ2n) is 15.9. The molecule has 3 unspecified atom stereocenters. The van der Waals surface area contributed by atoms with Gasteiger partial charge in [0.2, 0.25) is 0 Å². The molecule has 0 aromatic carbocycles. The molecule has 0 fully saturated rings. The monoisotopic (exact) mass is 857 g/mol. The SMILES string of the molecule is CCCCC/C=C\C/C=C\CC(O)/C=C\C=C\CCCC(=O)OC[C@H](COP(=O)(O)OC[C@@H](O)CO)OC(=O)CCCCCCCCCCCCCCCCC(C)CC. The summed E-state index contributed by atoms with van der Waals surface area (Å²) < 4.78 is 32.7. The Hall–Kier alpha value is -2.11. The van der Waals surface area contributed by atoms with Gasteiger partial charge in [-0.25, -0.2) is 4.57 Å². The molecule has 5 atom stereocenters. The van der Waals surface area contributed by atoms with E-state index < -0.39 is 57.9 Å². The fourth-order valence-electron chi connectivity index (χ4n) is 6.10. The van der Waals surface area contributed by atoms with Gasteiger partial charge in [0.05, 0.1) is 25.9 Å². The number of hydrogen-bond donors (Lipinski definition) is 4. The smallest absolute Gasteiger partial charge is 0.462 e. The summed E-state index contributed by atoms with van der Waals surface area (Å²) in [7, 11) is -4.65. The molecule has 0 bridgehead atoms. The number of allylic oxidation sites excluding steroid dienone is 6. The molecule has 0 rings (SSSR count). The van der Waals surface area contributed by atoms with E-state index in [4.69, 9.17) is 19.1 Å². The van der Waals surface area contributed by atoms with Gasteiger partial charge in [-0.3, -0.25) is 18.6 Å². The molecule has 12 heteroatoms. The predicted octanol–water partition coefficient (Wildman–Crippen LogP) is 11.3. The number of hydrogen-bond acceptors (Lipinski definition) is 10. The zero-order chi connectivity index (χ0) is 43.7. The quantitative estimate of drug-likeness (QED) is 0.0151. The van der Waals surface area contributed by atoms with E-state index in [1.54, 1.807) is 12.2 Å². The standard InChI is InChI=1S/C47H85O11P/c1-4-6-7-8-9-16-20-24-29-34-43(49)35-30-25-22-27-31-36-46(51)55-40-45(41-57-59(53,54)56-39-44(50)38-48)58-47(52)37-32-26-21-18-15-13-11-10-12-14-17-19-23-28-33-42(3)5-2/h9,16,22,24-25,29-30,35,42-45,48-50H,4-8,10-15,17-21,23,26-28,31-34,36-41H2,1-3H3,(H,53,54)/b16-9-,25-22+,29-24-,35-30-/t42?,43?,44-,45+/m0/s1. The lowest BCUT2D eigenvalue weighted by molar-refractivity contribution is -0.161. The minimum absolute atomic E-state index is 0.107. The van der Waals surface area contributed by atoms with Crippen LogP contribution in [0.3, 0.4) is 0 Å². The molecule has 4 N–H and O–H groups in total. The first-order valence-electron chi connectivity index (χ1n) is 23.1. The molecule has 0 aliphatic heterocycles. The Morgan fingerprint density at radius 3 is 1.85 bits per heavy atom. The van der Waals surface area contributed by atoms with Crippen LogP contribution in [0, 0.1) is 5.92 Å². The zero-order valence-corrected chi connectivity index (χ0v) is 38.1. The van der Waals surface area contributed by atoms with Crippen molar-refractivity contribution in [3.8, 4) is 0 Å². The number of carbonyl (C=O) groups excluding carboxylic acids is 2. The molecule has 0 amide bonds. The number of aliphatic hydroxyl groups excluding tert-OH is 3. The lowest BCUT2D eigenvalue weighted by Gasteiger charge is -2.20. The number of carbonyl (C=O) groups is 2. The van der Waals surface area contributed by atoms with Crippen molar-refractivity contribution in [1.82, 2.24) is 0 Å². The minimum Gasteiger partial charge on any atom is -0.462 e. The van der Waals surface area contributed by atoms with Gasteiger partial charge in [0.15, 0.2) is 6.10 Å². The molecule has 59 heavy (non-hydrogen) atoms. The molecule has 0 spiro atoms. The van der Waals surface area contributed by atoms with E-state index >= 15 is 0 Å². The summed E-state index contributed by atoms with van der Waals surface area (Å²) in [5, 5.41) is 28.5. The van der Waals surface area contributed by atoms with E-state index in [9.17, 15) is 29.3 Å². The third kappa shape index (κ3) is 41.0. The Kier molecular flexibility index (Phi) is 39.8. The first-order valence-corrected chi connectivity index (χ1v) is 24.6. The molecule has 0 saturated carbocycles. The average Bonchev–Trinajstić information content (AvgIpc) is 3.22. The van der Waals surface area contributed by atoms with Crippen molar-refractivity contribution in [3.05, 3.63) is 48.6 Å². The Bertz CT molecular complexity index is 1150. The summed E-state index contributed by atoms with van der Waals surface area (Å²) in [5.41, 5.74) is 0. The van der Waals surface area contributed by atoms with Crippen molar-refractivity contribution in [2.45, 2.75) is 206 Å². The topological polar surface area (TPSA) is 169 Å². The number of rotatable bonds is 42. The highest BCUT2D eigenvalue weighted by Gasteiger charge is 2.27. The van der Waals surface area contributed by atoms with Crippen LogP contribution in [0.5, 0.6) is 0 Å². The van der Waals surface area contributed by atoms with Crippen LogP contribution in [0.2, 0.25) is 0 Å². The Labute approximate surface area is 358 Å². The zero-order valence-electron chi connectivity index (χ0n) is 37.2. The summed E-state index contributed by atoms with van der Waals surface area (Å²) in [4.78, 5) is 35.0. The Morgan fingerprint density at radius 1 is 0.644 bits per heavy atom. The van der Waals surface area contributed by atoms with Crippen molar-refractivity contribution < 1.29 is 52.9 Å². The van der Waals surface area contributed by atoms with Gasteiger partial charge >= 0.3 is 19.8 Å². The molecule has 0 aliphatic rings. The molecule has 0 aromatic heterocycles. The van der Waals surface area contributed by atoms with Crippen molar-refractivity contribution in [2.24, 2.45) is 5.92 Å². The van der Waals surface area contributed by atoms with E-state index in [2.05, 4.69) is 43.5 Å². The van der Waals surface area contributed by atoms with Gasteiger partial charge in [-0.05, 0) is 50.9 Å². The van der Waals surface area contributed by atoms with Gasteiger partial charge in [0.1, 0.15) is 12.7 Å². The lowest BCUT2D eigenvalue weighted by Crippen LogP contribution is -2.29. The summed E-state index contributed by atoms with van der Waals surface area (Å²) in [6.45, 7) is 4.56. The molecular weight excluding hydrogens is 771 g/mol. The summed E-state index contributed by atoms with van der Waals surface area (Å²) >= 11 is 0. The highest BCUT2D eigenvalue weighted by molar-refractivity contribution is 7.47. The molecule has 0 radical (unpaired) electrons. The first kappa shape index (κ1) is 56.9. The third-order valence-electron chi connectivity index (χ3n) is 10.1. The molecule has 11 nitrogen and oxygen atoms in total. The summed E-state index contributed by atoms with van der Waals surface area (Å²) in [5.74, 6) is -0.187. The van der Waals surface area contributed by atoms with Crippen LogP contribution in [0.25, 0.3) is 0 Å². The number of esters is 2. The maximum atomic E-state index is 12.6. The van der Waals surface area contributed by atoms with Crippen molar-refractivity contribution in [2.75, 3.05) is 26.4 Å². The van der Waals surface area contributed by atoms with Gasteiger partial charge in [-0.1, -0.05) is 179 Å². The largest absolute Gasteiger partial charge is 0.472 e. The summed E-state index contributed by atoms with van der Waals surface area (Å²) in [6, 6.07) is 0. The van der Waals surface area contributed by atoms with Crippen LogP contribution >= 0.6 is 7.82 Å². The number of aliphatic hydroxyl groups is 3. The molecule has 0 aliphatic carbocycles. The van der Waals surface area contributed by atoms with Crippen molar-refractivity contribution in [1.29, 1.82) is 0 Å². The maximum absolute atomic E-state index is 12.6. The van der Waals surface area contributed by atoms with Crippen LogP contribution < -0.4 is 0 Å². The van der Waals surface area contributed by atoms with Crippen LogP contribution in [0.4, 0.5) is 0 Å². The minimum atomic E-state index is -4.65. The van der Waals surface area contributed by atoms with Crippen molar-refractivity contribution >= 4 is 19.8 Å². The first-order chi connectivity index (χ1) is 28.5. The van der Waals surface area contributed by atoms with Gasteiger partial charge in [0.25, 0.3) is 0 Å². The fourth-order valence-corrected chi connectivity index (χ4v) is 6.89. The maximum Gasteiger partial charge on any atom is 0.472 e. The predicted molar refractivity (Wildman–Crippen MR) is 239 cm³/mol. The number of phosphoric acid groups is 1. The van der Waals surface area contributed by atoms with Crippen LogP contribution in [-0.4, -0.2) is 76.9 Å². The molecule has 344 valence electrons. The van der Waals surface area contributed by atoms with Crippen LogP contribution in [0.1, 0.15) is 188 Å². The highest BCUT2D eigenvalue weighted by atomic mass is 31.2. The number of unbranched alkanes of at least 4 members (excludes halogenated alkanes) is 17. The van der Waals surface area contributed by atoms with Gasteiger partial charge in [-0.15, -0.1) is 0 Å². The lowest BCUT2D eigenvalue weighted by atomic mass is 9.99.